The van der Waals surface area contributed by atoms with Gasteiger partial charge in [0.15, 0.2) is 0 Å². The summed E-state index contributed by atoms with van der Waals surface area (Å²) in [5, 5.41) is 6.63. The molecule has 0 fully saturated rings. The van der Waals surface area contributed by atoms with Crippen LogP contribution in [0.15, 0.2) is 43.8 Å². The van der Waals surface area contributed by atoms with Crippen molar-refractivity contribution in [2.24, 2.45) is 7.05 Å². The maximum atomic E-state index is 5.71. The minimum Gasteiger partial charge on any atom is -0.494 e. The molecule has 0 saturated carbocycles. The normalized spacial score (nSPS) is 10.8. The molecule has 8 nitrogen and oxygen atoms in total. The summed E-state index contributed by atoms with van der Waals surface area (Å²) in [7, 11) is 11.8. The molecule has 2 N–H and O–H groups in total. The largest absolute Gasteiger partial charge is 0.494 e. The Balaban J connectivity index is 1.96. The first-order valence-corrected chi connectivity index (χ1v) is 11.1. The van der Waals surface area contributed by atoms with E-state index in [-0.39, 0.29) is 0 Å². The van der Waals surface area contributed by atoms with Crippen molar-refractivity contribution in [3.05, 3.63) is 55.0 Å². The van der Waals surface area contributed by atoms with Gasteiger partial charge in [-0.05, 0) is 32.3 Å². The molecule has 0 saturated heterocycles. The summed E-state index contributed by atoms with van der Waals surface area (Å²) in [5.41, 5.74) is 6.56. The number of hydrogen-bond donors (Lipinski definition) is 2. The number of ether oxygens (including phenoxy) is 1. The zero-order valence-electron chi connectivity index (χ0n) is 21.0. The van der Waals surface area contributed by atoms with Crippen molar-refractivity contribution in [1.82, 2.24) is 19.4 Å². The number of benzene rings is 1. The van der Waals surface area contributed by atoms with Crippen LogP contribution in [0.25, 0.3) is 23.4 Å². The van der Waals surface area contributed by atoms with Crippen molar-refractivity contribution in [1.29, 1.82) is 0 Å². The van der Waals surface area contributed by atoms with Crippen molar-refractivity contribution in [2.45, 2.75) is 0 Å². The van der Waals surface area contributed by atoms with E-state index >= 15 is 0 Å². The standard InChI is InChI=1S/C26H35N7O/c1-9-18-19(17-33(7)23(18)10-2)20-11-12-28-26(29-20)30-22-15-21(27-3)24(16-25(22)34-8)32(6)14-13-31(4)5/h9-12,15-17,27H,1-2,13-14H2,3-8H3,(H,28,29,30). The Hall–Kier alpha value is -3.78. The van der Waals surface area contributed by atoms with Gasteiger partial charge in [0.05, 0.1) is 29.9 Å². The highest BCUT2D eigenvalue weighted by atomic mass is 16.5. The van der Waals surface area contributed by atoms with Crippen LogP contribution in [0, 0.1) is 0 Å². The molecule has 8 heteroatoms. The second-order valence-corrected chi connectivity index (χ2v) is 8.30. The molecular weight excluding hydrogens is 426 g/mol. The highest BCUT2D eigenvalue weighted by Gasteiger charge is 2.16. The molecule has 180 valence electrons. The van der Waals surface area contributed by atoms with Gasteiger partial charge in [0.2, 0.25) is 5.95 Å². The van der Waals surface area contributed by atoms with E-state index in [1.165, 1.54) is 0 Å². The highest BCUT2D eigenvalue weighted by molar-refractivity contribution is 5.81. The second-order valence-electron chi connectivity index (χ2n) is 8.30. The maximum Gasteiger partial charge on any atom is 0.227 e. The van der Waals surface area contributed by atoms with Crippen LogP contribution in [0.4, 0.5) is 23.0 Å². The lowest BCUT2D eigenvalue weighted by Gasteiger charge is -2.25. The SMILES string of the molecule is C=Cc1c(-c2ccnc(Nc3cc(NC)c(N(C)CCN(C)C)cc3OC)n2)cn(C)c1C=C. The lowest BCUT2D eigenvalue weighted by atomic mass is 10.1. The third-order valence-electron chi connectivity index (χ3n) is 5.73. The van der Waals surface area contributed by atoms with Gasteiger partial charge in [-0.25, -0.2) is 9.97 Å². The van der Waals surface area contributed by atoms with E-state index in [4.69, 9.17) is 9.72 Å². The third-order valence-corrected chi connectivity index (χ3v) is 5.73. The molecule has 0 aliphatic heterocycles. The van der Waals surface area contributed by atoms with E-state index in [9.17, 15) is 0 Å². The van der Waals surface area contributed by atoms with Crippen LogP contribution in [0.2, 0.25) is 0 Å². The third kappa shape index (κ3) is 5.23. The Kier molecular flexibility index (Phi) is 7.96. The van der Waals surface area contributed by atoms with E-state index < -0.39 is 0 Å². The average Bonchev–Trinajstić information content (AvgIpc) is 3.17. The molecule has 0 amide bonds. The predicted molar refractivity (Wildman–Crippen MR) is 144 cm³/mol. The number of hydrogen-bond acceptors (Lipinski definition) is 7. The molecule has 0 aliphatic rings. The Labute approximate surface area is 202 Å². The molecule has 2 heterocycles. The summed E-state index contributed by atoms with van der Waals surface area (Å²) in [6, 6.07) is 5.93. The molecule has 0 spiro atoms. The summed E-state index contributed by atoms with van der Waals surface area (Å²) < 4.78 is 7.72. The van der Waals surface area contributed by atoms with Crippen molar-refractivity contribution in [3.63, 3.8) is 0 Å². The number of nitrogens with one attached hydrogen (secondary N) is 2. The molecule has 0 unspecified atom stereocenters. The van der Waals surface area contributed by atoms with Gasteiger partial charge in [0.25, 0.3) is 0 Å². The Morgan fingerprint density at radius 3 is 2.50 bits per heavy atom. The van der Waals surface area contributed by atoms with Crippen LogP contribution < -0.4 is 20.3 Å². The number of rotatable bonds is 11. The molecule has 0 aliphatic carbocycles. The van der Waals surface area contributed by atoms with Gasteiger partial charge in [-0.3, -0.25) is 0 Å². The molecule has 3 aromatic rings. The van der Waals surface area contributed by atoms with Gasteiger partial charge in [-0.1, -0.05) is 19.2 Å². The number of nitrogens with zero attached hydrogens (tertiary/aromatic N) is 5. The fraction of sp³-hybridized carbons (Fsp3) is 0.308. The fourth-order valence-electron chi connectivity index (χ4n) is 3.84. The first kappa shape index (κ1) is 24.9. The van der Waals surface area contributed by atoms with Crippen LogP contribution in [-0.2, 0) is 7.05 Å². The maximum absolute atomic E-state index is 5.71. The first-order chi connectivity index (χ1) is 16.3. The van der Waals surface area contributed by atoms with Crippen LogP contribution in [0.3, 0.4) is 0 Å². The van der Waals surface area contributed by atoms with E-state index in [2.05, 4.69) is 59.7 Å². The van der Waals surface area contributed by atoms with Gasteiger partial charge in [-0.2, -0.15) is 0 Å². The number of aromatic nitrogens is 3. The van der Waals surface area contributed by atoms with Gasteiger partial charge in [0.1, 0.15) is 5.75 Å². The monoisotopic (exact) mass is 461 g/mol. The van der Waals surface area contributed by atoms with E-state index in [0.29, 0.717) is 11.7 Å². The highest BCUT2D eigenvalue weighted by Crippen LogP contribution is 2.38. The summed E-state index contributed by atoms with van der Waals surface area (Å²) in [4.78, 5) is 13.6. The van der Waals surface area contributed by atoms with E-state index in [1.54, 1.807) is 13.3 Å². The quantitative estimate of drug-likeness (QED) is 0.434. The first-order valence-electron chi connectivity index (χ1n) is 11.1. The smallest absolute Gasteiger partial charge is 0.227 e. The van der Waals surface area contributed by atoms with Crippen LogP contribution in [0.1, 0.15) is 11.3 Å². The molecule has 3 rings (SSSR count). The summed E-state index contributed by atoms with van der Waals surface area (Å²) >= 11 is 0. The molecular formula is C26H35N7O. The summed E-state index contributed by atoms with van der Waals surface area (Å²) in [6.07, 6.45) is 7.42. The van der Waals surface area contributed by atoms with Crippen LogP contribution in [0.5, 0.6) is 5.75 Å². The van der Waals surface area contributed by atoms with Gasteiger partial charge >= 0.3 is 0 Å². The topological polar surface area (TPSA) is 70.5 Å². The number of methoxy groups -OCH3 is 1. The second kappa shape index (κ2) is 10.9. The molecule has 0 bridgehead atoms. The molecule has 2 aromatic heterocycles. The Morgan fingerprint density at radius 1 is 1.12 bits per heavy atom. The molecule has 0 radical (unpaired) electrons. The zero-order valence-corrected chi connectivity index (χ0v) is 21.0. The number of anilines is 4. The Morgan fingerprint density at radius 2 is 1.88 bits per heavy atom. The van der Waals surface area contributed by atoms with Crippen molar-refractivity contribution >= 4 is 35.2 Å². The van der Waals surface area contributed by atoms with Gasteiger partial charge in [0, 0.05) is 69.5 Å². The minimum absolute atomic E-state index is 0.477. The number of aryl methyl sites for hydroxylation is 1. The summed E-state index contributed by atoms with van der Waals surface area (Å²) in [6.45, 7) is 9.72. The van der Waals surface area contributed by atoms with Crippen molar-refractivity contribution in [2.75, 3.05) is 63.9 Å². The van der Waals surface area contributed by atoms with Gasteiger partial charge in [-0.15, -0.1) is 0 Å². The predicted octanol–water partition coefficient (Wildman–Crippen LogP) is 4.56. The molecule has 1 aromatic carbocycles. The van der Waals surface area contributed by atoms with Crippen LogP contribution in [-0.4, -0.2) is 67.8 Å². The lowest BCUT2D eigenvalue weighted by Crippen LogP contribution is -2.29. The lowest BCUT2D eigenvalue weighted by molar-refractivity contribution is 0.413. The Bertz CT molecular complexity index is 1170. The van der Waals surface area contributed by atoms with Crippen LogP contribution >= 0.6 is 0 Å². The average molecular weight is 462 g/mol. The molecule has 34 heavy (non-hydrogen) atoms. The minimum atomic E-state index is 0.477. The fourth-order valence-corrected chi connectivity index (χ4v) is 3.84. The molecule has 0 atom stereocenters. The number of likely N-dealkylation sites (N-methyl/N-ethyl adjacent to an activating group) is 2. The van der Waals surface area contributed by atoms with Crippen molar-refractivity contribution < 1.29 is 4.74 Å². The van der Waals surface area contributed by atoms with E-state index in [1.807, 2.05) is 55.2 Å². The van der Waals surface area contributed by atoms with E-state index in [0.717, 1.165) is 52.7 Å². The van der Waals surface area contributed by atoms with Gasteiger partial charge < -0.3 is 29.7 Å². The zero-order chi connectivity index (χ0) is 24.8. The summed E-state index contributed by atoms with van der Waals surface area (Å²) in [5.74, 6) is 1.19. The van der Waals surface area contributed by atoms with Crippen molar-refractivity contribution in [3.8, 4) is 17.0 Å².